The molecule has 0 radical (unpaired) electrons. The van der Waals surface area contributed by atoms with Crippen molar-refractivity contribution in [3.05, 3.63) is 29.3 Å². The van der Waals surface area contributed by atoms with Gasteiger partial charge >= 0.3 is 0 Å². The molecule has 1 N–H and O–H groups in total. The molecule has 1 rings (SSSR count). The lowest BCUT2D eigenvalue weighted by molar-refractivity contribution is 0.821. The van der Waals surface area contributed by atoms with Gasteiger partial charge < -0.3 is 5.32 Å². The lowest BCUT2D eigenvalue weighted by Crippen LogP contribution is -2.14. The van der Waals surface area contributed by atoms with Gasteiger partial charge in [-0.3, -0.25) is 0 Å². The topological polar surface area (TPSA) is 35.8 Å². The molecule has 0 fully saturated rings. The number of halogens is 1. The predicted octanol–water partition coefficient (Wildman–Crippen LogP) is 3.05. The Balaban J connectivity index is 2.64. The molecular formula is C10H11ClN2. The van der Waals surface area contributed by atoms with Crippen LogP contribution < -0.4 is 5.32 Å². The predicted molar refractivity (Wildman–Crippen MR) is 54.8 cm³/mol. The second-order valence-corrected chi connectivity index (χ2v) is 3.29. The van der Waals surface area contributed by atoms with E-state index in [0.717, 1.165) is 5.69 Å². The van der Waals surface area contributed by atoms with Gasteiger partial charge in [-0.05, 0) is 19.1 Å². The molecule has 68 valence electrons. The van der Waals surface area contributed by atoms with Crippen LogP contribution in [0, 0.1) is 11.3 Å². The van der Waals surface area contributed by atoms with E-state index in [4.69, 9.17) is 16.9 Å². The minimum Gasteiger partial charge on any atom is -0.380 e. The number of hydrogen-bond donors (Lipinski definition) is 1. The molecule has 2 nitrogen and oxygen atoms in total. The van der Waals surface area contributed by atoms with E-state index in [2.05, 4.69) is 11.4 Å². The number of hydrogen-bond acceptors (Lipinski definition) is 2. The first-order valence-corrected chi connectivity index (χ1v) is 4.50. The Morgan fingerprint density at radius 2 is 2.23 bits per heavy atom. The lowest BCUT2D eigenvalue weighted by Gasteiger charge is -2.12. The second kappa shape index (κ2) is 4.74. The highest BCUT2D eigenvalue weighted by Gasteiger charge is 2.02. The number of nitrogens with one attached hydrogen (secondary N) is 1. The first kappa shape index (κ1) is 9.88. The number of anilines is 1. The summed E-state index contributed by atoms with van der Waals surface area (Å²) < 4.78 is 0. The second-order valence-electron chi connectivity index (χ2n) is 2.89. The van der Waals surface area contributed by atoms with Crippen molar-refractivity contribution in [1.82, 2.24) is 0 Å². The largest absolute Gasteiger partial charge is 0.380 e. The maximum Gasteiger partial charge on any atom is 0.0643 e. The third-order valence-electron chi connectivity index (χ3n) is 1.67. The SMILES string of the molecule is C[C@H](CC#N)Nc1ccccc1Cl. The lowest BCUT2D eigenvalue weighted by atomic mass is 10.2. The maximum atomic E-state index is 8.46. The Bertz CT molecular complexity index is 317. The molecule has 0 aromatic heterocycles. The molecule has 1 aromatic carbocycles. The van der Waals surface area contributed by atoms with Crippen molar-refractivity contribution >= 4 is 17.3 Å². The molecule has 0 saturated carbocycles. The molecule has 3 heteroatoms. The summed E-state index contributed by atoms with van der Waals surface area (Å²) in [6.45, 7) is 1.95. The fourth-order valence-corrected chi connectivity index (χ4v) is 1.22. The van der Waals surface area contributed by atoms with Crippen LogP contribution in [0.1, 0.15) is 13.3 Å². The van der Waals surface area contributed by atoms with Gasteiger partial charge in [0.15, 0.2) is 0 Å². The van der Waals surface area contributed by atoms with Gasteiger partial charge in [0.2, 0.25) is 0 Å². The van der Waals surface area contributed by atoms with Crippen molar-refractivity contribution in [2.24, 2.45) is 0 Å². The summed E-state index contributed by atoms with van der Waals surface area (Å²) in [5.74, 6) is 0. The molecule has 0 spiro atoms. The van der Waals surface area contributed by atoms with E-state index in [1.807, 2.05) is 31.2 Å². The van der Waals surface area contributed by atoms with Crippen LogP contribution in [0.25, 0.3) is 0 Å². The molecule has 0 unspecified atom stereocenters. The van der Waals surface area contributed by atoms with Crippen LogP contribution in [0.15, 0.2) is 24.3 Å². The van der Waals surface area contributed by atoms with Gasteiger partial charge in [0, 0.05) is 6.04 Å². The third-order valence-corrected chi connectivity index (χ3v) is 2.00. The molecular weight excluding hydrogens is 184 g/mol. The van der Waals surface area contributed by atoms with E-state index in [0.29, 0.717) is 11.4 Å². The highest BCUT2D eigenvalue weighted by atomic mass is 35.5. The molecule has 13 heavy (non-hydrogen) atoms. The van der Waals surface area contributed by atoms with Crippen LogP contribution in [0.4, 0.5) is 5.69 Å². The summed E-state index contributed by atoms with van der Waals surface area (Å²) >= 11 is 5.92. The first-order valence-electron chi connectivity index (χ1n) is 4.12. The minimum absolute atomic E-state index is 0.130. The molecule has 0 aliphatic heterocycles. The molecule has 1 atom stereocenters. The first-order chi connectivity index (χ1) is 6.24. The van der Waals surface area contributed by atoms with Gasteiger partial charge in [0.25, 0.3) is 0 Å². The van der Waals surface area contributed by atoms with Gasteiger partial charge in [-0.1, -0.05) is 23.7 Å². The molecule has 0 aliphatic carbocycles. The fraction of sp³-hybridized carbons (Fsp3) is 0.300. The summed E-state index contributed by atoms with van der Waals surface area (Å²) in [7, 11) is 0. The van der Waals surface area contributed by atoms with Crippen LogP contribution in [0.5, 0.6) is 0 Å². The zero-order valence-electron chi connectivity index (χ0n) is 7.42. The van der Waals surface area contributed by atoms with Gasteiger partial charge in [0.05, 0.1) is 23.2 Å². The highest BCUT2D eigenvalue weighted by Crippen LogP contribution is 2.21. The number of nitrogens with zero attached hydrogens (tertiary/aromatic N) is 1. The minimum atomic E-state index is 0.130. The Morgan fingerprint density at radius 3 is 2.85 bits per heavy atom. The third kappa shape index (κ3) is 2.96. The molecule has 1 aromatic rings. The summed E-state index contributed by atoms with van der Waals surface area (Å²) in [5, 5.41) is 12.3. The van der Waals surface area contributed by atoms with Crippen molar-refractivity contribution in [3.63, 3.8) is 0 Å². The number of para-hydroxylation sites is 1. The standard InChI is InChI=1S/C10H11ClN2/c1-8(6-7-12)13-10-5-3-2-4-9(10)11/h2-5,8,13H,6H2,1H3/t8-/m1/s1. The fourth-order valence-electron chi connectivity index (χ4n) is 1.03. The number of benzene rings is 1. The number of nitriles is 1. The average molecular weight is 195 g/mol. The Labute approximate surface area is 83.1 Å². The maximum absolute atomic E-state index is 8.46. The smallest absolute Gasteiger partial charge is 0.0643 e. The van der Waals surface area contributed by atoms with E-state index in [1.54, 1.807) is 0 Å². The molecule has 0 aliphatic rings. The monoisotopic (exact) mass is 194 g/mol. The van der Waals surface area contributed by atoms with Crippen LogP contribution >= 0.6 is 11.6 Å². The average Bonchev–Trinajstić information content (AvgIpc) is 2.09. The zero-order chi connectivity index (χ0) is 9.68. The highest BCUT2D eigenvalue weighted by molar-refractivity contribution is 6.33. The van der Waals surface area contributed by atoms with Gasteiger partial charge in [-0.25, -0.2) is 0 Å². The summed E-state index contributed by atoms with van der Waals surface area (Å²) in [5.41, 5.74) is 0.881. The van der Waals surface area contributed by atoms with Gasteiger partial charge in [0.1, 0.15) is 0 Å². The van der Waals surface area contributed by atoms with Crippen LogP contribution in [0.3, 0.4) is 0 Å². The van der Waals surface area contributed by atoms with Crippen molar-refractivity contribution in [2.45, 2.75) is 19.4 Å². The quantitative estimate of drug-likeness (QED) is 0.803. The van der Waals surface area contributed by atoms with E-state index < -0.39 is 0 Å². The van der Waals surface area contributed by atoms with Crippen molar-refractivity contribution in [2.75, 3.05) is 5.32 Å². The van der Waals surface area contributed by atoms with Gasteiger partial charge in [-0.2, -0.15) is 5.26 Å². The van der Waals surface area contributed by atoms with Crippen molar-refractivity contribution < 1.29 is 0 Å². The zero-order valence-corrected chi connectivity index (χ0v) is 8.17. The van der Waals surface area contributed by atoms with Crippen LogP contribution in [-0.2, 0) is 0 Å². The van der Waals surface area contributed by atoms with Crippen LogP contribution in [0.2, 0.25) is 5.02 Å². The van der Waals surface area contributed by atoms with E-state index in [1.165, 1.54) is 0 Å². The van der Waals surface area contributed by atoms with Crippen molar-refractivity contribution in [1.29, 1.82) is 5.26 Å². The van der Waals surface area contributed by atoms with E-state index in [-0.39, 0.29) is 6.04 Å². The molecule has 0 amide bonds. The molecule has 0 heterocycles. The van der Waals surface area contributed by atoms with E-state index in [9.17, 15) is 0 Å². The molecule has 0 saturated heterocycles. The Hall–Kier alpha value is -1.20. The van der Waals surface area contributed by atoms with Gasteiger partial charge in [-0.15, -0.1) is 0 Å². The normalized spacial score (nSPS) is 11.8. The van der Waals surface area contributed by atoms with E-state index >= 15 is 0 Å². The van der Waals surface area contributed by atoms with Crippen molar-refractivity contribution in [3.8, 4) is 6.07 Å². The Kier molecular flexibility index (Phi) is 3.60. The Morgan fingerprint density at radius 1 is 1.54 bits per heavy atom. The number of rotatable bonds is 3. The summed E-state index contributed by atoms with van der Waals surface area (Å²) in [6.07, 6.45) is 0.477. The van der Waals surface area contributed by atoms with Crippen LogP contribution in [-0.4, -0.2) is 6.04 Å². The summed E-state index contributed by atoms with van der Waals surface area (Å²) in [6, 6.07) is 9.74. The molecule has 0 bridgehead atoms. The summed E-state index contributed by atoms with van der Waals surface area (Å²) in [4.78, 5) is 0.